The summed E-state index contributed by atoms with van der Waals surface area (Å²) in [6.45, 7) is 2.06. The van der Waals surface area contributed by atoms with Crippen LogP contribution in [0.25, 0.3) is 16.9 Å². The lowest BCUT2D eigenvalue weighted by Gasteiger charge is -2.07. The van der Waals surface area contributed by atoms with E-state index in [2.05, 4.69) is 26.3 Å². The maximum Gasteiger partial charge on any atom is 0.338 e. The van der Waals surface area contributed by atoms with Crippen LogP contribution in [-0.2, 0) is 4.74 Å². The minimum Gasteiger partial charge on any atom is -0.462 e. The van der Waals surface area contributed by atoms with Crippen molar-refractivity contribution in [3.05, 3.63) is 101 Å². The van der Waals surface area contributed by atoms with Crippen LogP contribution in [0, 0.1) is 0 Å². The third kappa shape index (κ3) is 4.78. The van der Waals surface area contributed by atoms with E-state index in [4.69, 9.17) is 4.74 Å². The molecule has 7 heteroatoms. The Kier molecular flexibility index (Phi) is 6.47. The zero-order valence-corrected chi connectivity index (χ0v) is 18.9. The molecule has 0 aliphatic carbocycles. The molecule has 0 bridgehead atoms. The highest BCUT2D eigenvalue weighted by atomic mass is 79.9. The molecule has 0 aliphatic rings. The molecule has 0 aliphatic heterocycles. The highest BCUT2D eigenvalue weighted by Gasteiger charge is 2.19. The zero-order valence-electron chi connectivity index (χ0n) is 17.3. The Labute approximate surface area is 194 Å². The van der Waals surface area contributed by atoms with Crippen LogP contribution in [0.2, 0.25) is 0 Å². The predicted molar refractivity (Wildman–Crippen MR) is 127 cm³/mol. The molecule has 4 rings (SSSR count). The number of hydrogen-bond donors (Lipinski definition) is 1. The van der Waals surface area contributed by atoms with Crippen molar-refractivity contribution < 1.29 is 14.3 Å². The van der Waals surface area contributed by atoms with Gasteiger partial charge in [-0.2, -0.15) is 5.10 Å². The summed E-state index contributed by atoms with van der Waals surface area (Å²) in [7, 11) is 0. The van der Waals surface area contributed by atoms with Crippen LogP contribution in [0.4, 0.5) is 5.69 Å². The number of nitrogens with one attached hydrogen (secondary N) is 1. The van der Waals surface area contributed by atoms with Crippen LogP contribution >= 0.6 is 15.9 Å². The number of aromatic nitrogens is 2. The molecule has 0 unspecified atom stereocenters. The van der Waals surface area contributed by atoms with Crippen molar-refractivity contribution in [3.8, 4) is 16.9 Å². The summed E-state index contributed by atoms with van der Waals surface area (Å²) in [5.74, 6) is -0.693. The molecule has 0 fully saturated rings. The first-order valence-corrected chi connectivity index (χ1v) is 10.8. The molecule has 0 spiro atoms. The van der Waals surface area contributed by atoms with Gasteiger partial charge in [0.05, 0.1) is 23.4 Å². The van der Waals surface area contributed by atoms with Crippen molar-refractivity contribution in [1.29, 1.82) is 0 Å². The van der Waals surface area contributed by atoms with Crippen molar-refractivity contribution in [3.63, 3.8) is 0 Å². The molecular weight excluding hydrogens is 470 g/mol. The van der Waals surface area contributed by atoms with Crippen LogP contribution < -0.4 is 5.32 Å². The average molecular weight is 490 g/mol. The topological polar surface area (TPSA) is 73.2 Å². The molecule has 4 aromatic rings. The normalized spacial score (nSPS) is 10.6. The number of carbonyl (C=O) groups is 2. The molecule has 0 radical (unpaired) electrons. The number of ether oxygens (including phenoxy) is 1. The van der Waals surface area contributed by atoms with Gasteiger partial charge in [-0.3, -0.25) is 4.79 Å². The van der Waals surface area contributed by atoms with Crippen molar-refractivity contribution >= 4 is 33.5 Å². The molecule has 1 aromatic heterocycles. The first kappa shape index (κ1) is 21.5. The molecule has 1 amide bonds. The smallest absolute Gasteiger partial charge is 0.338 e. The van der Waals surface area contributed by atoms with Crippen molar-refractivity contribution in [2.45, 2.75) is 6.92 Å². The number of nitrogens with zero attached hydrogens (tertiary/aromatic N) is 2. The fourth-order valence-corrected chi connectivity index (χ4v) is 3.44. The number of esters is 1. The van der Waals surface area contributed by atoms with Gasteiger partial charge in [0, 0.05) is 21.9 Å². The van der Waals surface area contributed by atoms with E-state index in [1.165, 1.54) is 0 Å². The maximum absolute atomic E-state index is 13.2. The van der Waals surface area contributed by atoms with E-state index >= 15 is 0 Å². The van der Waals surface area contributed by atoms with Gasteiger partial charge in [0.15, 0.2) is 0 Å². The Hall–Kier alpha value is -3.71. The minimum atomic E-state index is -0.396. The number of hydrogen-bond acceptors (Lipinski definition) is 4. The fraction of sp³-hybridized carbons (Fsp3) is 0.0800. The fourth-order valence-electron chi connectivity index (χ4n) is 3.18. The Bertz CT molecular complexity index is 1230. The molecule has 0 atom stereocenters. The molecule has 6 nitrogen and oxygen atoms in total. The van der Waals surface area contributed by atoms with Crippen LogP contribution in [0.3, 0.4) is 0 Å². The minimum absolute atomic E-state index is 0.297. The number of anilines is 1. The number of amides is 1. The lowest BCUT2D eigenvalue weighted by atomic mass is 10.1. The quantitative estimate of drug-likeness (QED) is 0.351. The van der Waals surface area contributed by atoms with Crippen molar-refractivity contribution in [2.24, 2.45) is 0 Å². The van der Waals surface area contributed by atoms with Crippen molar-refractivity contribution in [2.75, 3.05) is 11.9 Å². The number of carbonyl (C=O) groups excluding carboxylic acids is 2. The molecule has 0 saturated carbocycles. The summed E-state index contributed by atoms with van der Waals surface area (Å²) in [6.07, 6.45) is 1.72. The van der Waals surface area contributed by atoms with Gasteiger partial charge in [0.2, 0.25) is 0 Å². The van der Waals surface area contributed by atoms with E-state index in [-0.39, 0.29) is 5.91 Å². The number of halogens is 1. The van der Waals surface area contributed by atoms with Gasteiger partial charge in [-0.15, -0.1) is 0 Å². The number of benzene rings is 3. The Morgan fingerprint density at radius 3 is 2.31 bits per heavy atom. The molecule has 1 heterocycles. The van der Waals surface area contributed by atoms with E-state index in [1.54, 1.807) is 42.1 Å². The third-order valence-electron chi connectivity index (χ3n) is 4.75. The maximum atomic E-state index is 13.2. The lowest BCUT2D eigenvalue weighted by molar-refractivity contribution is 0.0526. The van der Waals surface area contributed by atoms with Gasteiger partial charge in [0.1, 0.15) is 5.69 Å². The second kappa shape index (κ2) is 9.62. The van der Waals surface area contributed by atoms with Crippen LogP contribution in [0.1, 0.15) is 27.6 Å². The van der Waals surface area contributed by atoms with E-state index in [0.717, 1.165) is 15.7 Å². The molecule has 3 aromatic carbocycles. The lowest BCUT2D eigenvalue weighted by Crippen LogP contribution is -2.12. The predicted octanol–water partition coefficient (Wildman–Crippen LogP) is 5.73. The molecule has 0 saturated heterocycles. The van der Waals surface area contributed by atoms with Crippen LogP contribution in [0.15, 0.2) is 89.5 Å². The standard InChI is InChI=1S/C25H20BrN3O3/c1-2-32-25(31)18-10-14-20(15-11-18)27-24(30)22-16-29(21-6-4-3-5-7-21)28-23(22)17-8-12-19(26)13-9-17/h3-16H,2H2,1H3,(H,27,30). The Morgan fingerprint density at radius 2 is 1.66 bits per heavy atom. The van der Waals surface area contributed by atoms with Gasteiger partial charge in [0.25, 0.3) is 5.91 Å². The Morgan fingerprint density at radius 1 is 0.969 bits per heavy atom. The summed E-state index contributed by atoms with van der Waals surface area (Å²) in [6, 6.07) is 23.8. The first-order chi connectivity index (χ1) is 15.5. The van der Waals surface area contributed by atoms with Gasteiger partial charge in [-0.05, 0) is 55.5 Å². The van der Waals surface area contributed by atoms with E-state index < -0.39 is 5.97 Å². The second-order valence-electron chi connectivity index (χ2n) is 6.93. The monoisotopic (exact) mass is 489 g/mol. The number of para-hydroxylation sites is 1. The molecular formula is C25H20BrN3O3. The summed E-state index contributed by atoms with van der Waals surface area (Å²) in [4.78, 5) is 25.0. The highest BCUT2D eigenvalue weighted by molar-refractivity contribution is 9.10. The van der Waals surface area contributed by atoms with E-state index in [1.807, 2.05) is 54.6 Å². The summed E-state index contributed by atoms with van der Waals surface area (Å²) < 4.78 is 7.63. The SMILES string of the molecule is CCOC(=O)c1ccc(NC(=O)c2cn(-c3ccccc3)nc2-c2ccc(Br)cc2)cc1. The van der Waals surface area contributed by atoms with Gasteiger partial charge in [-0.25, -0.2) is 9.48 Å². The first-order valence-electron chi connectivity index (χ1n) is 10.0. The molecule has 160 valence electrons. The van der Waals surface area contributed by atoms with Gasteiger partial charge in [-0.1, -0.05) is 46.3 Å². The van der Waals surface area contributed by atoms with Crippen LogP contribution in [0.5, 0.6) is 0 Å². The van der Waals surface area contributed by atoms with Crippen LogP contribution in [-0.4, -0.2) is 28.3 Å². The van der Waals surface area contributed by atoms with Crippen molar-refractivity contribution in [1.82, 2.24) is 9.78 Å². The highest BCUT2D eigenvalue weighted by Crippen LogP contribution is 2.26. The van der Waals surface area contributed by atoms with E-state index in [9.17, 15) is 9.59 Å². The average Bonchev–Trinajstić information content (AvgIpc) is 3.26. The third-order valence-corrected chi connectivity index (χ3v) is 5.28. The number of rotatable bonds is 6. The summed E-state index contributed by atoms with van der Waals surface area (Å²) in [5.41, 5.74) is 3.68. The largest absolute Gasteiger partial charge is 0.462 e. The Balaban J connectivity index is 1.65. The molecule has 1 N–H and O–H groups in total. The summed E-state index contributed by atoms with van der Waals surface area (Å²) >= 11 is 3.44. The van der Waals surface area contributed by atoms with Gasteiger partial charge >= 0.3 is 5.97 Å². The van der Waals surface area contributed by atoms with E-state index in [0.29, 0.717) is 29.1 Å². The zero-order chi connectivity index (χ0) is 22.5. The summed E-state index contributed by atoms with van der Waals surface area (Å²) in [5, 5.41) is 7.57. The molecule has 32 heavy (non-hydrogen) atoms. The second-order valence-corrected chi connectivity index (χ2v) is 7.85. The van der Waals surface area contributed by atoms with Gasteiger partial charge < -0.3 is 10.1 Å².